The zero-order chi connectivity index (χ0) is 13.7. The second kappa shape index (κ2) is 6.34. The summed E-state index contributed by atoms with van der Waals surface area (Å²) in [6.07, 6.45) is 3.11. The summed E-state index contributed by atoms with van der Waals surface area (Å²) in [6.45, 7) is 2.03. The van der Waals surface area contributed by atoms with Gasteiger partial charge in [0.2, 0.25) is 5.91 Å². The molecule has 1 amide bonds. The Hall–Kier alpha value is -1.63. The molecule has 2 unspecified atom stereocenters. The van der Waals surface area contributed by atoms with Gasteiger partial charge in [0, 0.05) is 35.0 Å². The van der Waals surface area contributed by atoms with Crippen LogP contribution >= 0.6 is 0 Å². The van der Waals surface area contributed by atoms with Crippen molar-refractivity contribution in [2.45, 2.75) is 18.7 Å². The standard InChI is InChI=1S/C11H16N2O4S/c1-8(18(2)17)6-12-10(14)7-13-5-3-4-9(13)11(15)16/h3-5,8H,6-7H2,1-2H3,(H,12,14)(H,15,16). The first-order chi connectivity index (χ1) is 8.41. The van der Waals surface area contributed by atoms with Gasteiger partial charge in [-0.3, -0.25) is 9.00 Å². The molecule has 18 heavy (non-hydrogen) atoms. The van der Waals surface area contributed by atoms with E-state index in [2.05, 4.69) is 5.32 Å². The highest BCUT2D eigenvalue weighted by Gasteiger charge is 2.12. The molecule has 1 aromatic rings. The third-order valence-electron chi connectivity index (χ3n) is 2.52. The molecular weight excluding hydrogens is 256 g/mol. The Balaban J connectivity index is 2.52. The Labute approximate surface area is 107 Å². The Bertz CT molecular complexity index is 469. The van der Waals surface area contributed by atoms with Gasteiger partial charge in [0.15, 0.2) is 0 Å². The molecular formula is C11H16N2O4S. The molecule has 0 aliphatic heterocycles. The highest BCUT2D eigenvalue weighted by molar-refractivity contribution is 7.84. The van der Waals surface area contributed by atoms with Crippen molar-refractivity contribution in [2.24, 2.45) is 0 Å². The second-order valence-corrected chi connectivity index (χ2v) is 5.74. The summed E-state index contributed by atoms with van der Waals surface area (Å²) < 4.78 is 12.4. The first kappa shape index (κ1) is 14.4. The van der Waals surface area contributed by atoms with Crippen LogP contribution in [0.5, 0.6) is 0 Å². The number of carboxylic acids is 1. The minimum atomic E-state index is -1.07. The molecule has 0 saturated carbocycles. The van der Waals surface area contributed by atoms with Crippen molar-refractivity contribution in [3.63, 3.8) is 0 Å². The molecule has 1 aromatic heterocycles. The van der Waals surface area contributed by atoms with Crippen LogP contribution in [-0.4, -0.2) is 43.8 Å². The lowest BCUT2D eigenvalue weighted by Gasteiger charge is -2.11. The summed E-state index contributed by atoms with van der Waals surface area (Å²) in [5.74, 6) is -1.37. The lowest BCUT2D eigenvalue weighted by Crippen LogP contribution is -2.35. The summed E-state index contributed by atoms with van der Waals surface area (Å²) in [5, 5.41) is 11.4. The fraction of sp³-hybridized carbons (Fsp3) is 0.455. The number of carbonyl (C=O) groups is 2. The Kier molecular flexibility index (Phi) is 5.08. The van der Waals surface area contributed by atoms with Crippen molar-refractivity contribution >= 4 is 22.7 Å². The number of amides is 1. The molecule has 0 bridgehead atoms. The normalized spacial score (nSPS) is 13.9. The van der Waals surface area contributed by atoms with Crippen LogP contribution in [0.4, 0.5) is 0 Å². The lowest BCUT2D eigenvalue weighted by molar-refractivity contribution is -0.121. The van der Waals surface area contributed by atoms with Crippen molar-refractivity contribution in [3.05, 3.63) is 24.0 Å². The van der Waals surface area contributed by atoms with Gasteiger partial charge in [0.05, 0.1) is 0 Å². The molecule has 1 heterocycles. The topological polar surface area (TPSA) is 88.4 Å². The van der Waals surface area contributed by atoms with E-state index in [1.54, 1.807) is 19.2 Å². The van der Waals surface area contributed by atoms with E-state index in [-0.39, 0.29) is 23.4 Å². The third kappa shape index (κ3) is 3.99. The first-order valence-corrected chi connectivity index (χ1v) is 7.01. The number of rotatable bonds is 6. The van der Waals surface area contributed by atoms with Crippen LogP contribution in [0.1, 0.15) is 17.4 Å². The number of hydrogen-bond donors (Lipinski definition) is 2. The molecule has 0 fully saturated rings. The van der Waals surface area contributed by atoms with Crippen LogP contribution in [0, 0.1) is 0 Å². The van der Waals surface area contributed by atoms with Crippen molar-refractivity contribution < 1.29 is 18.9 Å². The molecule has 1 rings (SSSR count). The molecule has 0 saturated heterocycles. The molecule has 7 heteroatoms. The SMILES string of the molecule is CC(CNC(=O)Cn1cccc1C(=O)O)S(C)=O. The fourth-order valence-corrected chi connectivity index (χ4v) is 1.65. The average Bonchev–Trinajstić information content (AvgIpc) is 2.73. The summed E-state index contributed by atoms with van der Waals surface area (Å²) in [6, 6.07) is 3.00. The van der Waals surface area contributed by atoms with E-state index in [4.69, 9.17) is 5.11 Å². The summed E-state index contributed by atoms with van der Waals surface area (Å²) in [5.41, 5.74) is 0.0669. The van der Waals surface area contributed by atoms with Crippen LogP contribution in [0.2, 0.25) is 0 Å². The van der Waals surface area contributed by atoms with Gasteiger partial charge in [-0.25, -0.2) is 4.79 Å². The van der Waals surface area contributed by atoms with Crippen LogP contribution in [0.3, 0.4) is 0 Å². The largest absolute Gasteiger partial charge is 0.477 e. The number of aromatic carboxylic acids is 1. The Morgan fingerprint density at radius 2 is 2.22 bits per heavy atom. The predicted molar refractivity (Wildman–Crippen MR) is 67.9 cm³/mol. The van der Waals surface area contributed by atoms with Gasteiger partial charge in [-0.15, -0.1) is 0 Å². The van der Waals surface area contributed by atoms with Gasteiger partial charge in [-0.2, -0.15) is 0 Å². The number of aromatic nitrogens is 1. The van der Waals surface area contributed by atoms with E-state index in [0.717, 1.165) is 0 Å². The van der Waals surface area contributed by atoms with Crippen LogP contribution in [0.25, 0.3) is 0 Å². The average molecular weight is 272 g/mol. The van der Waals surface area contributed by atoms with Gasteiger partial charge in [0.1, 0.15) is 12.2 Å². The van der Waals surface area contributed by atoms with Crippen molar-refractivity contribution in [1.29, 1.82) is 0 Å². The zero-order valence-corrected chi connectivity index (χ0v) is 11.1. The van der Waals surface area contributed by atoms with E-state index >= 15 is 0 Å². The van der Waals surface area contributed by atoms with Crippen LogP contribution < -0.4 is 5.32 Å². The molecule has 0 aliphatic carbocycles. The summed E-state index contributed by atoms with van der Waals surface area (Å²) in [7, 11) is -0.993. The predicted octanol–water partition coefficient (Wildman–Crippen LogP) is 0.0695. The zero-order valence-electron chi connectivity index (χ0n) is 10.3. The van der Waals surface area contributed by atoms with E-state index < -0.39 is 16.8 Å². The van der Waals surface area contributed by atoms with Gasteiger partial charge in [-0.05, 0) is 19.1 Å². The minimum absolute atomic E-state index is 0.0578. The highest BCUT2D eigenvalue weighted by Crippen LogP contribution is 2.02. The van der Waals surface area contributed by atoms with Gasteiger partial charge >= 0.3 is 5.97 Å². The third-order valence-corrected chi connectivity index (χ3v) is 3.82. The number of nitrogens with zero attached hydrogens (tertiary/aromatic N) is 1. The Morgan fingerprint density at radius 3 is 2.78 bits per heavy atom. The fourth-order valence-electron chi connectivity index (χ4n) is 1.33. The molecule has 6 nitrogen and oxygen atoms in total. The maximum atomic E-state index is 11.6. The maximum absolute atomic E-state index is 11.6. The number of hydrogen-bond acceptors (Lipinski definition) is 3. The summed E-state index contributed by atoms with van der Waals surface area (Å²) in [4.78, 5) is 22.4. The molecule has 0 aromatic carbocycles. The Morgan fingerprint density at radius 1 is 1.56 bits per heavy atom. The van der Waals surface area contributed by atoms with E-state index in [1.807, 2.05) is 0 Å². The first-order valence-electron chi connectivity index (χ1n) is 5.39. The van der Waals surface area contributed by atoms with Crippen LogP contribution in [0.15, 0.2) is 18.3 Å². The van der Waals surface area contributed by atoms with E-state index in [9.17, 15) is 13.8 Å². The number of carbonyl (C=O) groups excluding carboxylic acids is 1. The van der Waals surface area contributed by atoms with Crippen molar-refractivity contribution in [3.8, 4) is 0 Å². The van der Waals surface area contributed by atoms with Gasteiger partial charge < -0.3 is 15.0 Å². The quantitative estimate of drug-likeness (QED) is 0.767. The van der Waals surface area contributed by atoms with E-state index in [1.165, 1.54) is 16.8 Å². The van der Waals surface area contributed by atoms with Crippen molar-refractivity contribution in [1.82, 2.24) is 9.88 Å². The van der Waals surface area contributed by atoms with Gasteiger partial charge in [0.25, 0.3) is 0 Å². The molecule has 2 atom stereocenters. The van der Waals surface area contributed by atoms with Gasteiger partial charge in [-0.1, -0.05) is 0 Å². The molecule has 0 aliphatic rings. The number of nitrogens with one attached hydrogen (secondary N) is 1. The molecule has 100 valence electrons. The smallest absolute Gasteiger partial charge is 0.352 e. The molecule has 2 N–H and O–H groups in total. The molecule has 0 spiro atoms. The maximum Gasteiger partial charge on any atom is 0.352 e. The molecule has 0 radical (unpaired) electrons. The lowest BCUT2D eigenvalue weighted by atomic mass is 10.4. The van der Waals surface area contributed by atoms with Crippen LogP contribution in [-0.2, 0) is 22.1 Å². The second-order valence-electron chi connectivity index (χ2n) is 3.94. The monoisotopic (exact) mass is 272 g/mol. The van der Waals surface area contributed by atoms with E-state index in [0.29, 0.717) is 6.54 Å². The highest BCUT2D eigenvalue weighted by atomic mass is 32.2. The minimum Gasteiger partial charge on any atom is -0.477 e. The van der Waals surface area contributed by atoms with Crippen molar-refractivity contribution in [2.75, 3.05) is 12.8 Å². The summed E-state index contributed by atoms with van der Waals surface area (Å²) >= 11 is 0. The number of carboxylic acid groups (broad SMARTS) is 1.